The van der Waals surface area contributed by atoms with E-state index in [1.165, 1.54) is 43.6 Å². The van der Waals surface area contributed by atoms with Crippen molar-refractivity contribution in [1.82, 2.24) is 9.13 Å². The van der Waals surface area contributed by atoms with E-state index in [0.717, 1.165) is 24.5 Å². The fraction of sp³-hybridized carbons (Fsp3) is 0.143. The third-order valence-electron chi connectivity index (χ3n) is 6.23. The first-order valence-electron chi connectivity index (χ1n) is 11.1. The number of aryl methyl sites for hydroxylation is 2. The average molecular weight is 421 g/mol. The lowest BCUT2D eigenvalue weighted by Gasteiger charge is -2.02. The molecule has 0 aliphatic carbocycles. The van der Waals surface area contributed by atoms with Gasteiger partial charge in [-0.25, -0.2) is 0 Å². The summed E-state index contributed by atoms with van der Waals surface area (Å²) in [7, 11) is 0. The minimum atomic E-state index is 0.825. The number of nitrogens with zero attached hydrogens (tertiary/aromatic N) is 2. The SMILES string of the molecule is CCn1c2ccccc2c2cc(N)ccc21.CCn1c2ccccc2c2cc(N)ccc21. The number of nitrogens with two attached hydrogens (primary N) is 2. The van der Waals surface area contributed by atoms with Crippen molar-refractivity contribution in [3.05, 3.63) is 84.9 Å². The maximum absolute atomic E-state index is 5.86. The molecule has 0 unspecified atom stereocenters. The summed E-state index contributed by atoms with van der Waals surface area (Å²) in [6, 6.07) is 29.2. The summed E-state index contributed by atoms with van der Waals surface area (Å²) in [4.78, 5) is 0. The van der Waals surface area contributed by atoms with Crippen molar-refractivity contribution in [2.75, 3.05) is 11.5 Å². The van der Waals surface area contributed by atoms with E-state index >= 15 is 0 Å². The second-order valence-electron chi connectivity index (χ2n) is 8.08. The molecule has 0 saturated heterocycles. The van der Waals surface area contributed by atoms with Crippen LogP contribution in [0.4, 0.5) is 11.4 Å². The maximum Gasteiger partial charge on any atom is 0.0492 e. The van der Waals surface area contributed by atoms with Crippen molar-refractivity contribution in [2.45, 2.75) is 26.9 Å². The van der Waals surface area contributed by atoms with Gasteiger partial charge in [-0.1, -0.05) is 36.4 Å². The molecule has 4 N–H and O–H groups in total. The monoisotopic (exact) mass is 420 g/mol. The molecule has 160 valence electrons. The normalized spacial score (nSPS) is 11.3. The van der Waals surface area contributed by atoms with Gasteiger partial charge in [0.25, 0.3) is 0 Å². The van der Waals surface area contributed by atoms with E-state index in [1.807, 2.05) is 12.1 Å². The molecule has 4 aromatic carbocycles. The first-order valence-corrected chi connectivity index (χ1v) is 11.1. The Labute approximate surface area is 187 Å². The molecule has 4 heteroatoms. The number of nitrogen functional groups attached to an aromatic ring is 2. The van der Waals surface area contributed by atoms with Gasteiger partial charge in [0.15, 0.2) is 0 Å². The van der Waals surface area contributed by atoms with E-state index in [-0.39, 0.29) is 0 Å². The van der Waals surface area contributed by atoms with Crippen LogP contribution in [0.5, 0.6) is 0 Å². The van der Waals surface area contributed by atoms with Crippen LogP contribution in [-0.4, -0.2) is 9.13 Å². The standard InChI is InChI=1S/2C14H14N2/c2*1-2-16-13-6-4-3-5-11(13)12-9-10(15)7-8-14(12)16/h2*3-9H,2,15H2,1H3. The fourth-order valence-electron chi connectivity index (χ4n) is 4.82. The molecule has 2 heterocycles. The molecule has 0 aliphatic rings. The summed E-state index contributed by atoms with van der Waals surface area (Å²) in [5, 5.41) is 5.06. The average Bonchev–Trinajstić information content (AvgIpc) is 3.31. The highest BCUT2D eigenvalue weighted by Gasteiger charge is 2.09. The summed E-state index contributed by atoms with van der Waals surface area (Å²) in [5.41, 5.74) is 18.5. The lowest BCUT2D eigenvalue weighted by atomic mass is 10.1. The first-order chi connectivity index (χ1) is 15.6. The third kappa shape index (κ3) is 3.16. The Morgan fingerprint density at radius 3 is 1.28 bits per heavy atom. The Kier molecular flexibility index (Phi) is 4.98. The second-order valence-corrected chi connectivity index (χ2v) is 8.08. The van der Waals surface area contributed by atoms with E-state index in [1.54, 1.807) is 0 Å². The molecule has 4 nitrogen and oxygen atoms in total. The molecule has 0 atom stereocenters. The Hall–Kier alpha value is -3.92. The van der Waals surface area contributed by atoms with Gasteiger partial charge in [-0.3, -0.25) is 0 Å². The van der Waals surface area contributed by atoms with Crippen molar-refractivity contribution in [3.63, 3.8) is 0 Å². The smallest absolute Gasteiger partial charge is 0.0492 e. The predicted molar refractivity (Wildman–Crippen MR) is 139 cm³/mol. The van der Waals surface area contributed by atoms with Crippen LogP contribution in [0.15, 0.2) is 84.9 Å². The molecule has 0 saturated carbocycles. The largest absolute Gasteiger partial charge is 0.399 e. The number of aromatic nitrogens is 2. The molecule has 0 radical (unpaired) electrons. The molecule has 32 heavy (non-hydrogen) atoms. The van der Waals surface area contributed by atoms with Gasteiger partial charge in [0.2, 0.25) is 0 Å². The minimum absolute atomic E-state index is 0.825. The Balaban J connectivity index is 0.000000135. The molecule has 0 fully saturated rings. The molecular formula is C28H28N4. The van der Waals surface area contributed by atoms with Gasteiger partial charge in [0.1, 0.15) is 0 Å². The zero-order valence-corrected chi connectivity index (χ0v) is 18.5. The van der Waals surface area contributed by atoms with E-state index in [9.17, 15) is 0 Å². The first kappa shape index (κ1) is 20.0. The zero-order chi connectivity index (χ0) is 22.2. The molecule has 2 aromatic heterocycles. The summed E-state index contributed by atoms with van der Waals surface area (Å²) < 4.78 is 4.65. The lowest BCUT2D eigenvalue weighted by molar-refractivity contribution is 0.827. The molecule has 0 bridgehead atoms. The lowest BCUT2D eigenvalue weighted by Crippen LogP contribution is -1.92. The van der Waals surface area contributed by atoms with Gasteiger partial charge < -0.3 is 20.6 Å². The fourth-order valence-corrected chi connectivity index (χ4v) is 4.82. The van der Waals surface area contributed by atoms with Crippen LogP contribution < -0.4 is 11.5 Å². The summed E-state index contributed by atoms with van der Waals surface area (Å²) in [6.45, 7) is 6.30. The van der Waals surface area contributed by atoms with Gasteiger partial charge in [-0.05, 0) is 62.4 Å². The van der Waals surface area contributed by atoms with Crippen LogP contribution in [0.1, 0.15) is 13.8 Å². The van der Waals surface area contributed by atoms with Gasteiger partial charge in [0.05, 0.1) is 0 Å². The van der Waals surface area contributed by atoms with Crippen molar-refractivity contribution >= 4 is 55.0 Å². The Bertz CT molecular complexity index is 1450. The number of fused-ring (bicyclic) bond motifs is 6. The number of rotatable bonds is 2. The Morgan fingerprint density at radius 2 is 0.875 bits per heavy atom. The highest BCUT2D eigenvalue weighted by atomic mass is 15.0. The molecule has 6 rings (SSSR count). The van der Waals surface area contributed by atoms with Crippen molar-refractivity contribution in [2.24, 2.45) is 0 Å². The summed E-state index contributed by atoms with van der Waals surface area (Å²) in [6.07, 6.45) is 0. The molecule has 0 amide bonds. The molecule has 6 aromatic rings. The number of anilines is 2. The molecular weight excluding hydrogens is 392 g/mol. The van der Waals surface area contributed by atoms with Crippen LogP contribution in [-0.2, 0) is 13.1 Å². The van der Waals surface area contributed by atoms with Crippen LogP contribution >= 0.6 is 0 Å². The van der Waals surface area contributed by atoms with Gasteiger partial charge in [-0.2, -0.15) is 0 Å². The highest BCUT2D eigenvalue weighted by molar-refractivity contribution is 6.09. The molecule has 0 aliphatic heterocycles. The Morgan fingerprint density at radius 1 is 0.500 bits per heavy atom. The van der Waals surface area contributed by atoms with E-state index in [4.69, 9.17) is 11.5 Å². The van der Waals surface area contributed by atoms with Crippen LogP contribution in [0.2, 0.25) is 0 Å². The number of hydrogen-bond donors (Lipinski definition) is 2. The number of benzene rings is 4. The second kappa shape index (κ2) is 7.97. The van der Waals surface area contributed by atoms with E-state index < -0.39 is 0 Å². The van der Waals surface area contributed by atoms with Gasteiger partial charge >= 0.3 is 0 Å². The van der Waals surface area contributed by atoms with E-state index in [2.05, 4.69) is 95.8 Å². The van der Waals surface area contributed by atoms with Crippen molar-refractivity contribution < 1.29 is 0 Å². The number of para-hydroxylation sites is 2. The predicted octanol–water partition coefficient (Wildman–Crippen LogP) is 6.79. The van der Waals surface area contributed by atoms with Gasteiger partial charge in [-0.15, -0.1) is 0 Å². The maximum atomic E-state index is 5.86. The van der Waals surface area contributed by atoms with Crippen LogP contribution in [0.25, 0.3) is 43.6 Å². The van der Waals surface area contributed by atoms with Crippen LogP contribution in [0.3, 0.4) is 0 Å². The molecule has 0 spiro atoms. The number of hydrogen-bond acceptors (Lipinski definition) is 2. The third-order valence-corrected chi connectivity index (χ3v) is 6.23. The van der Waals surface area contributed by atoms with Gasteiger partial charge in [0, 0.05) is 68.1 Å². The van der Waals surface area contributed by atoms with Crippen LogP contribution in [0, 0.1) is 0 Å². The minimum Gasteiger partial charge on any atom is -0.399 e. The van der Waals surface area contributed by atoms with Crippen molar-refractivity contribution in [1.29, 1.82) is 0 Å². The highest BCUT2D eigenvalue weighted by Crippen LogP contribution is 2.31. The topological polar surface area (TPSA) is 61.9 Å². The summed E-state index contributed by atoms with van der Waals surface area (Å²) in [5.74, 6) is 0. The van der Waals surface area contributed by atoms with Crippen molar-refractivity contribution in [3.8, 4) is 0 Å². The quantitative estimate of drug-likeness (QED) is 0.303. The summed E-state index contributed by atoms with van der Waals surface area (Å²) >= 11 is 0. The zero-order valence-electron chi connectivity index (χ0n) is 18.5. The van der Waals surface area contributed by atoms with E-state index in [0.29, 0.717) is 0 Å².